The quantitative estimate of drug-likeness (QED) is 0.807. The molecule has 1 fully saturated rings. The van der Waals surface area contributed by atoms with E-state index in [9.17, 15) is 8.42 Å². The van der Waals surface area contributed by atoms with Crippen LogP contribution in [-0.2, 0) is 20.5 Å². The van der Waals surface area contributed by atoms with Crippen LogP contribution in [0.4, 0.5) is 5.69 Å². The monoisotopic (exact) mass is 298 g/mol. The van der Waals surface area contributed by atoms with Gasteiger partial charge in [-0.25, -0.2) is 13.1 Å². The topological polar surface area (TPSA) is 81.4 Å². The molecule has 0 amide bonds. The van der Waals surface area contributed by atoms with Gasteiger partial charge in [-0.15, -0.1) is 0 Å². The van der Waals surface area contributed by atoms with E-state index in [0.29, 0.717) is 30.4 Å². The number of benzene rings is 1. The average Bonchev–Trinajstić information content (AvgIpc) is 2.41. The van der Waals surface area contributed by atoms with Gasteiger partial charge in [-0.2, -0.15) is 0 Å². The summed E-state index contributed by atoms with van der Waals surface area (Å²) in [6.07, 6.45) is 1.80. The maximum atomic E-state index is 12.2. The normalized spacial score (nSPS) is 18.9. The second kappa shape index (κ2) is 6.56. The molecule has 0 saturated carbocycles. The molecule has 5 nitrogen and oxygen atoms in total. The van der Waals surface area contributed by atoms with Crippen molar-refractivity contribution in [3.8, 4) is 0 Å². The first-order valence-corrected chi connectivity index (χ1v) is 8.54. The average molecular weight is 298 g/mol. The van der Waals surface area contributed by atoms with Gasteiger partial charge in [0.05, 0.1) is 5.75 Å². The lowest BCUT2D eigenvalue weighted by Crippen LogP contribution is -2.40. The van der Waals surface area contributed by atoms with Crippen LogP contribution in [0.1, 0.15) is 25.3 Å². The van der Waals surface area contributed by atoms with Crippen molar-refractivity contribution < 1.29 is 13.2 Å². The Morgan fingerprint density at radius 2 is 2.00 bits per heavy atom. The Hall–Kier alpha value is -1.11. The van der Waals surface area contributed by atoms with E-state index in [2.05, 4.69) is 4.72 Å². The van der Waals surface area contributed by atoms with Gasteiger partial charge in [0.1, 0.15) is 0 Å². The van der Waals surface area contributed by atoms with Crippen LogP contribution in [0.2, 0.25) is 0 Å². The van der Waals surface area contributed by atoms with Gasteiger partial charge >= 0.3 is 0 Å². The van der Waals surface area contributed by atoms with Crippen molar-refractivity contribution in [1.82, 2.24) is 4.72 Å². The number of ether oxygens (including phenoxy) is 1. The van der Waals surface area contributed by atoms with Gasteiger partial charge < -0.3 is 10.5 Å². The molecule has 1 saturated heterocycles. The molecule has 1 aromatic carbocycles. The number of sulfonamides is 1. The summed E-state index contributed by atoms with van der Waals surface area (Å²) in [7, 11) is -3.38. The van der Waals surface area contributed by atoms with Crippen LogP contribution in [0.5, 0.6) is 0 Å². The van der Waals surface area contributed by atoms with Gasteiger partial charge in [-0.05, 0) is 37.3 Å². The minimum Gasteiger partial charge on any atom is -0.398 e. The number of anilines is 1. The van der Waals surface area contributed by atoms with E-state index in [1.165, 1.54) is 0 Å². The molecular weight excluding hydrogens is 276 g/mol. The first kappa shape index (κ1) is 15.3. The smallest absolute Gasteiger partial charge is 0.216 e. The molecule has 1 aliphatic heterocycles. The number of nitrogens with two attached hydrogens (primary N) is 1. The molecule has 3 N–H and O–H groups in total. The number of rotatable bonds is 5. The number of hydrogen-bond acceptors (Lipinski definition) is 4. The highest BCUT2D eigenvalue weighted by Crippen LogP contribution is 2.20. The van der Waals surface area contributed by atoms with Crippen LogP contribution in [0.25, 0.3) is 0 Å². The molecule has 0 radical (unpaired) electrons. The Labute approximate surface area is 120 Å². The van der Waals surface area contributed by atoms with Gasteiger partial charge in [0.15, 0.2) is 0 Å². The molecule has 6 heteroatoms. The van der Waals surface area contributed by atoms with Crippen molar-refractivity contribution in [2.45, 2.75) is 31.6 Å². The summed E-state index contributed by atoms with van der Waals surface area (Å²) in [5.74, 6) is 0.263. The van der Waals surface area contributed by atoms with Crippen molar-refractivity contribution >= 4 is 15.7 Å². The molecule has 0 aromatic heterocycles. The Kier molecular flexibility index (Phi) is 5.01. The maximum Gasteiger partial charge on any atom is 0.216 e. The summed E-state index contributed by atoms with van der Waals surface area (Å²) >= 11 is 0. The fourth-order valence-electron chi connectivity index (χ4n) is 2.51. The van der Waals surface area contributed by atoms with Crippen molar-refractivity contribution in [3.63, 3.8) is 0 Å². The third-order valence-electron chi connectivity index (χ3n) is 3.74. The summed E-state index contributed by atoms with van der Waals surface area (Å²) in [5, 5.41) is 0. The third kappa shape index (κ3) is 4.19. The Morgan fingerprint density at radius 3 is 2.65 bits per heavy atom. The predicted molar refractivity (Wildman–Crippen MR) is 79.6 cm³/mol. The minimum atomic E-state index is -3.38. The number of para-hydroxylation sites is 1. The Balaban J connectivity index is 1.98. The molecule has 112 valence electrons. The molecule has 0 spiro atoms. The Morgan fingerprint density at radius 1 is 1.35 bits per heavy atom. The van der Waals surface area contributed by atoms with Gasteiger partial charge in [-0.1, -0.05) is 18.2 Å². The second-order valence-corrected chi connectivity index (χ2v) is 7.07. The summed E-state index contributed by atoms with van der Waals surface area (Å²) < 4.78 is 32.5. The number of nitrogens with one attached hydrogen (secondary N) is 1. The van der Waals surface area contributed by atoms with Gasteiger partial charge in [-0.3, -0.25) is 0 Å². The van der Waals surface area contributed by atoms with Gasteiger partial charge in [0.2, 0.25) is 10.0 Å². The zero-order valence-electron chi connectivity index (χ0n) is 11.7. The third-order valence-corrected chi connectivity index (χ3v) is 5.16. The summed E-state index contributed by atoms with van der Waals surface area (Å²) in [6.45, 7) is 3.34. The highest BCUT2D eigenvalue weighted by Gasteiger charge is 2.24. The highest BCUT2D eigenvalue weighted by atomic mass is 32.2. The lowest BCUT2D eigenvalue weighted by molar-refractivity contribution is 0.0585. The highest BCUT2D eigenvalue weighted by molar-refractivity contribution is 7.88. The standard InChI is InChI=1S/C14H22N2O3S/c1-11(12-6-8-19-9-7-12)16-20(17,18)10-13-4-2-3-5-14(13)15/h2-5,11-12,16H,6-10,15H2,1H3. The van der Waals surface area contributed by atoms with E-state index in [4.69, 9.17) is 10.5 Å². The molecule has 1 heterocycles. The lowest BCUT2D eigenvalue weighted by Gasteiger charge is -2.28. The van der Waals surface area contributed by atoms with Gasteiger partial charge in [0, 0.05) is 24.9 Å². The fourth-order valence-corrected chi connectivity index (χ4v) is 4.02. The van der Waals surface area contributed by atoms with Crippen LogP contribution in [0.3, 0.4) is 0 Å². The second-order valence-electron chi connectivity index (χ2n) is 5.31. The minimum absolute atomic E-state index is 0.0752. The van der Waals surface area contributed by atoms with Crippen LogP contribution in [0, 0.1) is 5.92 Å². The van der Waals surface area contributed by atoms with Crippen molar-refractivity contribution in [3.05, 3.63) is 29.8 Å². The summed E-state index contributed by atoms with van der Waals surface area (Å²) in [6, 6.07) is 6.97. The molecular formula is C14H22N2O3S. The summed E-state index contributed by atoms with van der Waals surface area (Å²) in [4.78, 5) is 0. The molecule has 0 bridgehead atoms. The molecule has 0 aliphatic carbocycles. The predicted octanol–water partition coefficient (Wildman–Crippen LogP) is 1.50. The largest absolute Gasteiger partial charge is 0.398 e. The van der Waals surface area contributed by atoms with Crippen LogP contribution in [-0.4, -0.2) is 27.7 Å². The molecule has 20 heavy (non-hydrogen) atoms. The maximum absolute atomic E-state index is 12.2. The van der Waals surface area contributed by atoms with Crippen LogP contribution >= 0.6 is 0 Å². The molecule has 2 rings (SSSR count). The number of hydrogen-bond donors (Lipinski definition) is 2. The molecule has 1 unspecified atom stereocenters. The van der Waals surface area contributed by atoms with E-state index >= 15 is 0 Å². The first-order chi connectivity index (χ1) is 9.48. The van der Waals surface area contributed by atoms with E-state index in [1.54, 1.807) is 24.3 Å². The zero-order valence-corrected chi connectivity index (χ0v) is 12.5. The molecule has 1 atom stereocenters. The van der Waals surface area contributed by atoms with E-state index in [-0.39, 0.29) is 11.8 Å². The van der Waals surface area contributed by atoms with Crippen LogP contribution in [0.15, 0.2) is 24.3 Å². The van der Waals surface area contributed by atoms with E-state index < -0.39 is 10.0 Å². The SMILES string of the molecule is CC(NS(=O)(=O)Cc1ccccc1N)C1CCOCC1. The first-order valence-electron chi connectivity index (χ1n) is 6.89. The fraction of sp³-hybridized carbons (Fsp3) is 0.571. The van der Waals surface area contributed by atoms with Crippen molar-refractivity contribution in [1.29, 1.82) is 0 Å². The van der Waals surface area contributed by atoms with Crippen molar-refractivity contribution in [2.24, 2.45) is 5.92 Å². The van der Waals surface area contributed by atoms with Crippen molar-refractivity contribution in [2.75, 3.05) is 18.9 Å². The Bertz CT molecular complexity index is 539. The van der Waals surface area contributed by atoms with E-state index in [1.807, 2.05) is 6.92 Å². The molecule has 1 aromatic rings. The summed E-state index contributed by atoms with van der Waals surface area (Å²) in [5.41, 5.74) is 6.94. The molecule has 1 aliphatic rings. The number of nitrogen functional groups attached to an aromatic ring is 1. The van der Waals surface area contributed by atoms with Crippen LogP contribution < -0.4 is 10.5 Å². The van der Waals surface area contributed by atoms with E-state index in [0.717, 1.165) is 12.8 Å². The lowest BCUT2D eigenvalue weighted by atomic mass is 9.94. The van der Waals surface area contributed by atoms with Gasteiger partial charge in [0.25, 0.3) is 0 Å². The zero-order chi connectivity index (χ0) is 14.6.